The topological polar surface area (TPSA) is 70.7 Å². The Morgan fingerprint density at radius 2 is 1.96 bits per heavy atom. The van der Waals surface area contributed by atoms with Crippen LogP contribution in [0.4, 0.5) is 5.13 Å². The van der Waals surface area contributed by atoms with Crippen LogP contribution in [-0.2, 0) is 4.79 Å². The van der Waals surface area contributed by atoms with Crippen molar-refractivity contribution < 1.29 is 4.79 Å². The van der Waals surface area contributed by atoms with E-state index in [1.165, 1.54) is 22.5 Å². The zero-order chi connectivity index (χ0) is 20.4. The Kier molecular flexibility index (Phi) is 5.48. The molecular formula is C22H22N4OS. The Labute approximate surface area is 169 Å². The second-order valence-corrected chi connectivity index (χ2v) is 8.09. The van der Waals surface area contributed by atoms with E-state index >= 15 is 0 Å². The van der Waals surface area contributed by atoms with Gasteiger partial charge in [-0.25, -0.2) is 4.98 Å². The van der Waals surface area contributed by atoms with Crippen LogP contribution in [0, 0.1) is 45.9 Å². The summed E-state index contributed by atoms with van der Waals surface area (Å²) in [4.78, 5) is 17.6. The molecule has 0 aliphatic heterocycles. The highest BCUT2D eigenvalue weighted by Gasteiger charge is 2.15. The van der Waals surface area contributed by atoms with E-state index in [0.29, 0.717) is 5.13 Å². The fourth-order valence-electron chi connectivity index (χ4n) is 3.15. The summed E-state index contributed by atoms with van der Waals surface area (Å²) >= 11 is 1.38. The number of nitrogens with zero attached hydrogens (tertiary/aromatic N) is 3. The van der Waals surface area contributed by atoms with Crippen molar-refractivity contribution in [3.8, 4) is 11.8 Å². The van der Waals surface area contributed by atoms with E-state index in [1.807, 2.05) is 32.9 Å². The first-order valence-electron chi connectivity index (χ1n) is 8.92. The number of thiazole rings is 1. The summed E-state index contributed by atoms with van der Waals surface area (Å²) in [5, 5.41) is 12.7. The number of carbonyl (C=O) groups excluding carboxylic acids is 1. The van der Waals surface area contributed by atoms with E-state index in [0.717, 1.165) is 27.5 Å². The normalized spacial score (nSPS) is 11.4. The quantitative estimate of drug-likeness (QED) is 0.502. The molecule has 6 heteroatoms. The number of anilines is 1. The van der Waals surface area contributed by atoms with Crippen molar-refractivity contribution in [1.82, 2.24) is 9.55 Å². The molecule has 1 N–H and O–H groups in total. The molecular weight excluding hydrogens is 368 g/mol. The van der Waals surface area contributed by atoms with Crippen LogP contribution in [0.3, 0.4) is 0 Å². The number of aryl methyl sites for hydroxylation is 4. The van der Waals surface area contributed by atoms with Crippen LogP contribution in [0.2, 0.25) is 0 Å². The average molecular weight is 391 g/mol. The molecule has 0 bridgehead atoms. The molecule has 142 valence electrons. The van der Waals surface area contributed by atoms with Crippen LogP contribution < -0.4 is 5.32 Å². The molecule has 0 aliphatic carbocycles. The van der Waals surface area contributed by atoms with Gasteiger partial charge < -0.3 is 4.57 Å². The molecule has 0 spiro atoms. The molecule has 28 heavy (non-hydrogen) atoms. The van der Waals surface area contributed by atoms with Crippen molar-refractivity contribution in [3.05, 3.63) is 69.0 Å². The maximum absolute atomic E-state index is 12.5. The van der Waals surface area contributed by atoms with Gasteiger partial charge in [0.05, 0.1) is 0 Å². The van der Waals surface area contributed by atoms with E-state index in [4.69, 9.17) is 0 Å². The van der Waals surface area contributed by atoms with E-state index in [1.54, 1.807) is 12.3 Å². The predicted molar refractivity (Wildman–Crippen MR) is 114 cm³/mol. The first-order chi connectivity index (χ1) is 13.3. The predicted octanol–water partition coefficient (Wildman–Crippen LogP) is 5.02. The molecule has 2 heterocycles. The SMILES string of the molecule is Cc1ccc(C)c(-n2c(C)cc(/C=C(/C#N)C(=O)Nc3ncc(C)s3)c2C)c1. The zero-order valence-corrected chi connectivity index (χ0v) is 17.4. The van der Waals surface area contributed by atoms with Gasteiger partial charge in [-0.1, -0.05) is 12.1 Å². The van der Waals surface area contributed by atoms with Crippen LogP contribution >= 0.6 is 11.3 Å². The average Bonchev–Trinajstić information content (AvgIpc) is 3.17. The van der Waals surface area contributed by atoms with Gasteiger partial charge >= 0.3 is 0 Å². The molecule has 1 amide bonds. The highest BCUT2D eigenvalue weighted by Crippen LogP contribution is 2.26. The molecule has 0 fully saturated rings. The number of aromatic nitrogens is 2. The maximum atomic E-state index is 12.5. The first kappa shape index (κ1) is 19.6. The van der Waals surface area contributed by atoms with Gasteiger partial charge in [-0.05, 0) is 69.5 Å². The molecule has 3 aromatic rings. The van der Waals surface area contributed by atoms with Gasteiger partial charge in [0.2, 0.25) is 0 Å². The Hall–Kier alpha value is -3.17. The van der Waals surface area contributed by atoms with Gasteiger partial charge in [-0.2, -0.15) is 5.26 Å². The highest BCUT2D eigenvalue weighted by atomic mass is 32.1. The lowest BCUT2D eigenvalue weighted by atomic mass is 10.1. The molecule has 0 atom stereocenters. The van der Waals surface area contributed by atoms with Crippen molar-refractivity contribution in [3.63, 3.8) is 0 Å². The molecule has 3 rings (SSSR count). The van der Waals surface area contributed by atoms with Crippen molar-refractivity contribution >= 4 is 28.5 Å². The van der Waals surface area contributed by atoms with Crippen molar-refractivity contribution in [1.29, 1.82) is 5.26 Å². The molecule has 0 radical (unpaired) electrons. The lowest BCUT2D eigenvalue weighted by Crippen LogP contribution is -2.13. The van der Waals surface area contributed by atoms with E-state index in [-0.39, 0.29) is 5.57 Å². The van der Waals surface area contributed by atoms with Crippen LogP contribution in [0.1, 0.15) is 33.0 Å². The first-order valence-corrected chi connectivity index (χ1v) is 9.74. The van der Waals surface area contributed by atoms with Crippen LogP contribution in [0.25, 0.3) is 11.8 Å². The zero-order valence-electron chi connectivity index (χ0n) is 16.6. The third kappa shape index (κ3) is 3.90. The third-order valence-corrected chi connectivity index (χ3v) is 5.41. The van der Waals surface area contributed by atoms with Gasteiger partial charge in [0.1, 0.15) is 11.6 Å². The minimum absolute atomic E-state index is 0.0501. The highest BCUT2D eigenvalue weighted by molar-refractivity contribution is 7.15. The molecule has 1 aromatic carbocycles. The number of carbonyl (C=O) groups is 1. The van der Waals surface area contributed by atoms with E-state index < -0.39 is 5.91 Å². The van der Waals surface area contributed by atoms with Crippen molar-refractivity contribution in [2.24, 2.45) is 0 Å². The lowest BCUT2D eigenvalue weighted by Gasteiger charge is -2.13. The van der Waals surface area contributed by atoms with Gasteiger partial charge in [0.25, 0.3) is 5.91 Å². The van der Waals surface area contributed by atoms with Gasteiger partial charge in [0, 0.05) is 28.1 Å². The largest absolute Gasteiger partial charge is 0.318 e. The summed E-state index contributed by atoms with van der Waals surface area (Å²) in [6.45, 7) is 10.1. The summed E-state index contributed by atoms with van der Waals surface area (Å²) in [6.07, 6.45) is 3.33. The summed E-state index contributed by atoms with van der Waals surface area (Å²) in [6, 6.07) is 10.3. The van der Waals surface area contributed by atoms with Crippen molar-refractivity contribution in [2.75, 3.05) is 5.32 Å². The van der Waals surface area contributed by atoms with E-state index in [9.17, 15) is 10.1 Å². The van der Waals surface area contributed by atoms with Gasteiger partial charge in [-0.15, -0.1) is 11.3 Å². The van der Waals surface area contributed by atoms with Crippen molar-refractivity contribution in [2.45, 2.75) is 34.6 Å². The number of nitriles is 1. The standard InChI is InChI=1S/C22H22N4OS/c1-13-6-7-14(2)20(8-13)26-15(3)9-18(17(26)5)10-19(11-23)21(27)25-22-24-12-16(4)28-22/h6-10,12H,1-5H3,(H,24,25,27)/b19-10-. The summed E-state index contributed by atoms with van der Waals surface area (Å²) < 4.78 is 2.16. The fourth-order valence-corrected chi connectivity index (χ4v) is 3.81. The molecule has 5 nitrogen and oxygen atoms in total. The Balaban J connectivity index is 1.98. The minimum atomic E-state index is -0.451. The molecule has 2 aromatic heterocycles. The number of hydrogen-bond donors (Lipinski definition) is 1. The Bertz CT molecular complexity index is 1130. The van der Waals surface area contributed by atoms with E-state index in [2.05, 4.69) is 46.9 Å². The number of benzene rings is 1. The van der Waals surface area contributed by atoms with Crippen LogP contribution in [0.5, 0.6) is 0 Å². The molecule has 0 aliphatic rings. The summed E-state index contributed by atoms with van der Waals surface area (Å²) in [5.74, 6) is -0.451. The number of amides is 1. The molecule has 0 saturated carbocycles. The smallest absolute Gasteiger partial charge is 0.268 e. The Morgan fingerprint density at radius 3 is 2.61 bits per heavy atom. The second-order valence-electron chi connectivity index (χ2n) is 6.85. The van der Waals surface area contributed by atoms with Gasteiger partial charge in [0.15, 0.2) is 5.13 Å². The number of rotatable bonds is 4. The van der Waals surface area contributed by atoms with Gasteiger partial charge in [-0.3, -0.25) is 10.1 Å². The summed E-state index contributed by atoms with van der Waals surface area (Å²) in [5.41, 5.74) is 6.38. The monoisotopic (exact) mass is 390 g/mol. The Morgan fingerprint density at radius 1 is 1.21 bits per heavy atom. The fraction of sp³-hybridized carbons (Fsp3) is 0.227. The van der Waals surface area contributed by atoms with Crippen LogP contribution in [-0.4, -0.2) is 15.5 Å². The maximum Gasteiger partial charge on any atom is 0.268 e. The number of nitrogens with one attached hydrogen (secondary N) is 1. The second kappa shape index (κ2) is 7.83. The van der Waals surface area contributed by atoms with Crippen LogP contribution in [0.15, 0.2) is 36.0 Å². The minimum Gasteiger partial charge on any atom is -0.318 e. The molecule has 0 unspecified atom stereocenters. The summed E-state index contributed by atoms with van der Waals surface area (Å²) in [7, 11) is 0. The lowest BCUT2D eigenvalue weighted by molar-refractivity contribution is -0.112. The molecule has 0 saturated heterocycles. The number of hydrogen-bond acceptors (Lipinski definition) is 4. The third-order valence-electron chi connectivity index (χ3n) is 4.58.